The molecular formula is C30H26F2N6O3. The van der Waals surface area contributed by atoms with Crippen molar-refractivity contribution in [3.63, 3.8) is 0 Å². The molecule has 41 heavy (non-hydrogen) atoms. The van der Waals surface area contributed by atoms with Gasteiger partial charge in [-0.25, -0.2) is 23.6 Å². The number of nitrogens with zero attached hydrogens (tertiary/aromatic N) is 5. The monoisotopic (exact) mass is 556 g/mol. The number of aliphatic hydroxyl groups is 1. The fourth-order valence-electron chi connectivity index (χ4n) is 5.09. The summed E-state index contributed by atoms with van der Waals surface area (Å²) in [5, 5.41) is 10.1. The van der Waals surface area contributed by atoms with E-state index >= 15 is 0 Å². The van der Waals surface area contributed by atoms with Crippen molar-refractivity contribution in [2.24, 2.45) is 5.73 Å². The van der Waals surface area contributed by atoms with Gasteiger partial charge >= 0.3 is 0 Å². The number of hydrogen-bond donors (Lipinski definition) is 2. The molecule has 5 rings (SSSR count). The smallest absolute Gasteiger partial charge is 0.197 e. The van der Waals surface area contributed by atoms with Crippen LogP contribution in [0.2, 0.25) is 0 Å². The first kappa shape index (κ1) is 27.8. The number of carbonyl (C=O) groups is 1. The first-order valence-electron chi connectivity index (χ1n) is 12.8. The van der Waals surface area contributed by atoms with Crippen molar-refractivity contribution in [1.29, 1.82) is 0 Å². The lowest BCUT2D eigenvalue weighted by Gasteiger charge is -2.28. The minimum Gasteiger partial charge on any atom is -0.496 e. The van der Waals surface area contributed by atoms with Crippen LogP contribution in [0.3, 0.4) is 0 Å². The third-order valence-electron chi connectivity index (χ3n) is 7.07. The molecule has 1 aliphatic rings. The highest BCUT2D eigenvalue weighted by Gasteiger charge is 2.32. The van der Waals surface area contributed by atoms with E-state index in [1.54, 1.807) is 30.6 Å². The number of halogens is 2. The first-order chi connectivity index (χ1) is 19.8. The van der Waals surface area contributed by atoms with Gasteiger partial charge in [0.05, 0.1) is 31.9 Å². The van der Waals surface area contributed by atoms with Crippen LogP contribution in [0.4, 0.5) is 20.2 Å². The number of ketones is 1. The molecule has 2 atom stereocenters. The Labute approximate surface area is 235 Å². The van der Waals surface area contributed by atoms with Crippen LogP contribution in [-0.2, 0) is 6.42 Å². The zero-order valence-electron chi connectivity index (χ0n) is 22.1. The standard InChI is InChI=1S/C30H26F2N6O3/c1-34-23-7-9-35-14-21(23)17-3-4-18(25(11-17)38-15-19(33)13-20(38)16-39)12-26(40)24-8-10-36-30(37-24)28-27(41-2)6-5-22(31)29(28)32/h3-11,14,19-20,39H,12-13,15-16,33H2,2H3/t19-,20-/m0/s1. The zero-order valence-corrected chi connectivity index (χ0v) is 22.1. The maximum Gasteiger partial charge on any atom is 0.197 e. The van der Waals surface area contributed by atoms with Crippen LogP contribution in [-0.4, -0.2) is 58.2 Å². The molecule has 1 saturated heterocycles. The highest BCUT2D eigenvalue weighted by molar-refractivity contribution is 5.97. The summed E-state index contributed by atoms with van der Waals surface area (Å²) in [5.41, 5.74) is 9.09. The number of Topliss-reactive ketones (excluding diaryl/α,β-unsaturated/α-hetero) is 1. The van der Waals surface area contributed by atoms with Crippen LogP contribution in [0.5, 0.6) is 5.75 Å². The van der Waals surface area contributed by atoms with E-state index in [0.717, 1.165) is 11.6 Å². The summed E-state index contributed by atoms with van der Waals surface area (Å²) in [5.74, 6) is -2.81. The van der Waals surface area contributed by atoms with Gasteiger partial charge in [0, 0.05) is 48.8 Å². The van der Waals surface area contributed by atoms with Gasteiger partial charge < -0.3 is 20.5 Å². The summed E-state index contributed by atoms with van der Waals surface area (Å²) in [6.07, 6.45) is 4.96. The molecule has 0 amide bonds. The molecule has 0 spiro atoms. The number of benzene rings is 2. The van der Waals surface area contributed by atoms with Crippen LogP contribution in [0.25, 0.3) is 27.4 Å². The summed E-state index contributed by atoms with van der Waals surface area (Å²) >= 11 is 0. The predicted molar refractivity (Wildman–Crippen MR) is 149 cm³/mol. The lowest BCUT2D eigenvalue weighted by atomic mass is 9.98. The molecule has 0 aliphatic carbocycles. The highest BCUT2D eigenvalue weighted by atomic mass is 19.2. The molecule has 208 valence electrons. The van der Waals surface area contributed by atoms with E-state index in [9.17, 15) is 18.7 Å². The van der Waals surface area contributed by atoms with Crippen molar-refractivity contribution < 1.29 is 23.4 Å². The van der Waals surface area contributed by atoms with E-state index in [4.69, 9.17) is 17.0 Å². The number of hydrogen-bond acceptors (Lipinski definition) is 8. The molecular weight excluding hydrogens is 530 g/mol. The molecule has 0 unspecified atom stereocenters. The molecule has 1 aliphatic heterocycles. The molecule has 2 aromatic heterocycles. The van der Waals surface area contributed by atoms with Gasteiger partial charge in [0.25, 0.3) is 0 Å². The third-order valence-corrected chi connectivity index (χ3v) is 7.07. The van der Waals surface area contributed by atoms with Crippen molar-refractivity contribution in [3.05, 3.63) is 95.4 Å². The molecule has 0 saturated carbocycles. The van der Waals surface area contributed by atoms with Crippen molar-refractivity contribution >= 4 is 17.2 Å². The van der Waals surface area contributed by atoms with Crippen LogP contribution < -0.4 is 15.4 Å². The Morgan fingerprint density at radius 3 is 2.80 bits per heavy atom. The van der Waals surface area contributed by atoms with Crippen molar-refractivity contribution in [2.75, 3.05) is 25.2 Å². The van der Waals surface area contributed by atoms with Gasteiger partial charge in [-0.1, -0.05) is 12.1 Å². The number of anilines is 1. The van der Waals surface area contributed by atoms with Gasteiger partial charge in [-0.3, -0.25) is 9.78 Å². The zero-order chi connectivity index (χ0) is 29.1. The fraction of sp³-hybridized carbons (Fsp3) is 0.233. The summed E-state index contributed by atoms with van der Waals surface area (Å²) in [6, 6.07) is 10.3. The van der Waals surface area contributed by atoms with Crippen LogP contribution in [0, 0.1) is 18.2 Å². The molecule has 3 N–H and O–H groups in total. The number of carbonyl (C=O) groups excluding carboxylic acids is 1. The minimum absolute atomic E-state index is 0.00937. The fourth-order valence-corrected chi connectivity index (χ4v) is 5.09. The Morgan fingerprint density at radius 1 is 1.22 bits per heavy atom. The number of pyridine rings is 1. The number of nitrogens with two attached hydrogens (primary N) is 1. The van der Waals surface area contributed by atoms with Crippen molar-refractivity contribution in [1.82, 2.24) is 15.0 Å². The maximum absolute atomic E-state index is 14.7. The summed E-state index contributed by atoms with van der Waals surface area (Å²) in [6.45, 7) is 7.87. The molecule has 9 nitrogen and oxygen atoms in total. The Bertz CT molecular complexity index is 1660. The number of methoxy groups -OCH3 is 1. The second kappa shape index (κ2) is 11.8. The molecule has 0 radical (unpaired) electrons. The molecule has 2 aromatic carbocycles. The molecule has 11 heteroatoms. The van der Waals surface area contributed by atoms with E-state index in [-0.39, 0.29) is 53.7 Å². The minimum atomic E-state index is -1.18. The Balaban J connectivity index is 1.54. The maximum atomic E-state index is 14.7. The van der Waals surface area contributed by atoms with E-state index in [1.165, 1.54) is 25.4 Å². The Morgan fingerprint density at radius 2 is 2.05 bits per heavy atom. The summed E-state index contributed by atoms with van der Waals surface area (Å²) in [7, 11) is 1.31. The van der Waals surface area contributed by atoms with E-state index < -0.39 is 11.6 Å². The third kappa shape index (κ3) is 5.48. The second-order valence-electron chi connectivity index (χ2n) is 9.64. The SMILES string of the molecule is [C-]#[N+]c1ccncc1-c1ccc(CC(=O)c2ccnc(-c3c(OC)ccc(F)c3F)n2)c(N2C[C@@H](N)C[C@H]2CO)c1. The van der Waals surface area contributed by atoms with Gasteiger partial charge in [0.1, 0.15) is 11.4 Å². The molecule has 1 fully saturated rings. The van der Waals surface area contributed by atoms with E-state index in [0.29, 0.717) is 35.5 Å². The van der Waals surface area contributed by atoms with Crippen LogP contribution in [0.15, 0.2) is 61.1 Å². The van der Waals surface area contributed by atoms with E-state index in [2.05, 4.69) is 19.8 Å². The quantitative estimate of drug-likeness (QED) is 0.243. The molecule has 0 bridgehead atoms. The highest BCUT2D eigenvalue weighted by Crippen LogP contribution is 2.37. The number of rotatable bonds is 8. The Kier molecular flexibility index (Phi) is 7.96. The lowest BCUT2D eigenvalue weighted by Crippen LogP contribution is -2.33. The number of ether oxygens (including phenoxy) is 1. The largest absolute Gasteiger partial charge is 0.496 e. The average Bonchev–Trinajstić information content (AvgIpc) is 3.39. The first-order valence-corrected chi connectivity index (χ1v) is 12.8. The van der Waals surface area contributed by atoms with E-state index in [1.807, 2.05) is 11.0 Å². The van der Waals surface area contributed by atoms with Crippen LogP contribution in [0.1, 0.15) is 22.5 Å². The lowest BCUT2D eigenvalue weighted by molar-refractivity contribution is 0.0988. The average molecular weight is 557 g/mol. The number of aliphatic hydroxyl groups excluding tert-OH is 1. The van der Waals surface area contributed by atoms with Gasteiger partial charge in [-0.05, 0) is 47.9 Å². The van der Waals surface area contributed by atoms with Crippen molar-refractivity contribution in [3.8, 4) is 28.3 Å². The normalized spacial score (nSPS) is 16.4. The Hall–Kier alpha value is -4.79. The topological polar surface area (TPSA) is 119 Å². The van der Waals surface area contributed by atoms with Gasteiger partial charge in [0.2, 0.25) is 0 Å². The molecule has 3 heterocycles. The number of aromatic nitrogens is 3. The van der Waals surface area contributed by atoms with Gasteiger partial charge in [0.15, 0.2) is 28.9 Å². The predicted octanol–water partition coefficient (Wildman–Crippen LogP) is 4.37. The second-order valence-corrected chi connectivity index (χ2v) is 9.64. The molecule has 4 aromatic rings. The van der Waals surface area contributed by atoms with Crippen LogP contribution >= 0.6 is 0 Å². The van der Waals surface area contributed by atoms with Gasteiger partial charge in [-0.2, -0.15) is 0 Å². The summed E-state index contributed by atoms with van der Waals surface area (Å²) in [4.78, 5) is 31.5. The van der Waals surface area contributed by atoms with Crippen molar-refractivity contribution in [2.45, 2.75) is 24.9 Å². The summed E-state index contributed by atoms with van der Waals surface area (Å²) < 4.78 is 33.9. The van der Waals surface area contributed by atoms with Gasteiger partial charge in [-0.15, -0.1) is 0 Å².